The Hall–Kier alpha value is -2.86. The summed E-state index contributed by atoms with van der Waals surface area (Å²) in [6.07, 6.45) is 0. The van der Waals surface area contributed by atoms with Crippen LogP contribution in [0.15, 0.2) is 91.5 Å². The molecule has 0 aliphatic heterocycles. The third-order valence-corrected chi connectivity index (χ3v) is 4.23. The molecule has 4 aliphatic carbocycles. The summed E-state index contributed by atoms with van der Waals surface area (Å²) >= 11 is 0. The van der Waals surface area contributed by atoms with Crippen LogP contribution in [0.4, 0.5) is 0 Å². The predicted molar refractivity (Wildman–Crippen MR) is 94.3 cm³/mol. The van der Waals surface area contributed by atoms with Gasteiger partial charge in [-0.25, -0.2) is 0 Å². The lowest BCUT2D eigenvalue weighted by Crippen LogP contribution is -1.85. The second-order valence-electron chi connectivity index (χ2n) is 5.53. The van der Waals surface area contributed by atoms with Gasteiger partial charge in [-0.05, 0) is 39.0 Å². The van der Waals surface area contributed by atoms with Crippen molar-refractivity contribution in [3.8, 4) is 22.3 Å². The number of rotatable bonds is 2. The molecule has 0 aromatic carbocycles. The molecule has 0 N–H and O–H groups in total. The third kappa shape index (κ3) is 2.01. The van der Waals surface area contributed by atoms with Gasteiger partial charge in [-0.1, -0.05) is 91.5 Å². The maximum Gasteiger partial charge on any atom is -0.0105 e. The van der Waals surface area contributed by atoms with E-state index >= 15 is 0 Å². The standard InChI is InChI=1S/C22H16/c1-16(19-14-12-17-8-4-2-6-10-21(17)19)20-15-13-18-9-5-3-7-11-22(18)20/h2-15H,1H2. The van der Waals surface area contributed by atoms with E-state index < -0.39 is 0 Å². The molecule has 104 valence electrons. The van der Waals surface area contributed by atoms with Gasteiger partial charge >= 0.3 is 0 Å². The van der Waals surface area contributed by atoms with Crippen molar-refractivity contribution in [1.82, 2.24) is 0 Å². The highest BCUT2D eigenvalue weighted by Gasteiger charge is 2.16. The first-order valence-corrected chi connectivity index (χ1v) is 7.50. The van der Waals surface area contributed by atoms with Crippen LogP contribution in [0.25, 0.3) is 27.8 Å². The summed E-state index contributed by atoms with van der Waals surface area (Å²) in [7, 11) is 0. The summed E-state index contributed by atoms with van der Waals surface area (Å²) in [5, 5.41) is 0. The number of hydrogen-bond acceptors (Lipinski definition) is 0. The lowest BCUT2D eigenvalue weighted by atomic mass is 9.96. The van der Waals surface area contributed by atoms with Crippen LogP contribution < -0.4 is 0 Å². The van der Waals surface area contributed by atoms with Crippen molar-refractivity contribution in [3.63, 3.8) is 0 Å². The molecular weight excluding hydrogens is 264 g/mol. The highest BCUT2D eigenvalue weighted by atomic mass is 14.2. The zero-order valence-corrected chi connectivity index (χ0v) is 12.3. The van der Waals surface area contributed by atoms with Crippen LogP contribution in [0.2, 0.25) is 0 Å². The third-order valence-electron chi connectivity index (χ3n) is 4.23. The van der Waals surface area contributed by atoms with E-state index in [1.165, 1.54) is 33.4 Å². The minimum atomic E-state index is 1.09. The minimum absolute atomic E-state index is 1.09. The van der Waals surface area contributed by atoms with Gasteiger partial charge in [0.25, 0.3) is 0 Å². The second-order valence-corrected chi connectivity index (χ2v) is 5.53. The summed E-state index contributed by atoms with van der Waals surface area (Å²) in [6.45, 7) is 4.38. The highest BCUT2D eigenvalue weighted by molar-refractivity contribution is 5.95. The monoisotopic (exact) mass is 280 g/mol. The van der Waals surface area contributed by atoms with Crippen molar-refractivity contribution < 1.29 is 0 Å². The van der Waals surface area contributed by atoms with Gasteiger partial charge in [0.15, 0.2) is 0 Å². The van der Waals surface area contributed by atoms with E-state index in [1.807, 2.05) is 0 Å². The minimum Gasteiger partial charge on any atom is -0.0905 e. The SMILES string of the molecule is C=C(c1ccc2cccccc1-2)c1ccc2cccccc1-2. The van der Waals surface area contributed by atoms with Crippen molar-refractivity contribution in [3.05, 3.63) is 103 Å². The van der Waals surface area contributed by atoms with Crippen molar-refractivity contribution >= 4 is 5.57 Å². The van der Waals surface area contributed by atoms with E-state index in [4.69, 9.17) is 0 Å². The maximum atomic E-state index is 4.38. The van der Waals surface area contributed by atoms with E-state index in [-0.39, 0.29) is 0 Å². The van der Waals surface area contributed by atoms with E-state index in [2.05, 4.69) is 91.5 Å². The van der Waals surface area contributed by atoms with Gasteiger partial charge < -0.3 is 0 Å². The lowest BCUT2D eigenvalue weighted by Gasteiger charge is -2.07. The predicted octanol–water partition coefficient (Wildman–Crippen LogP) is 5.96. The van der Waals surface area contributed by atoms with E-state index in [9.17, 15) is 0 Å². The van der Waals surface area contributed by atoms with Crippen molar-refractivity contribution in [1.29, 1.82) is 0 Å². The zero-order chi connectivity index (χ0) is 14.9. The molecule has 0 heterocycles. The van der Waals surface area contributed by atoms with Crippen molar-refractivity contribution in [2.75, 3.05) is 0 Å². The van der Waals surface area contributed by atoms with E-state index in [0.717, 1.165) is 5.57 Å². The average Bonchev–Trinajstić information content (AvgIpc) is 2.93. The molecule has 0 saturated carbocycles. The number of hydrogen-bond donors (Lipinski definition) is 0. The van der Waals surface area contributed by atoms with Crippen molar-refractivity contribution in [2.45, 2.75) is 0 Å². The normalized spacial score (nSPS) is 10.9. The molecule has 0 spiro atoms. The van der Waals surface area contributed by atoms with Gasteiger partial charge in [0, 0.05) is 0 Å². The van der Waals surface area contributed by atoms with Crippen LogP contribution in [-0.4, -0.2) is 0 Å². The Morgan fingerprint density at radius 1 is 0.500 bits per heavy atom. The quantitative estimate of drug-likeness (QED) is 0.425. The molecule has 0 bridgehead atoms. The smallest absolute Gasteiger partial charge is 0.0105 e. The Labute approximate surface area is 131 Å². The van der Waals surface area contributed by atoms with Crippen LogP contribution in [-0.2, 0) is 0 Å². The fraction of sp³-hybridized carbons (Fsp3) is 0. The van der Waals surface area contributed by atoms with Crippen molar-refractivity contribution in [2.24, 2.45) is 0 Å². The topological polar surface area (TPSA) is 0 Å². The van der Waals surface area contributed by atoms with Gasteiger partial charge in [-0.2, -0.15) is 0 Å². The zero-order valence-electron chi connectivity index (χ0n) is 12.3. The van der Waals surface area contributed by atoms with Gasteiger partial charge in [-0.3, -0.25) is 0 Å². The Morgan fingerprint density at radius 2 is 0.955 bits per heavy atom. The first-order chi connectivity index (χ1) is 10.8. The maximum absolute atomic E-state index is 4.38. The molecular formula is C22H16. The van der Waals surface area contributed by atoms with Crippen LogP contribution in [0.5, 0.6) is 0 Å². The van der Waals surface area contributed by atoms with Gasteiger partial charge in [0.1, 0.15) is 0 Å². The van der Waals surface area contributed by atoms with E-state index in [1.54, 1.807) is 0 Å². The molecule has 0 heteroatoms. The van der Waals surface area contributed by atoms with E-state index in [0.29, 0.717) is 0 Å². The van der Waals surface area contributed by atoms with Crippen LogP contribution >= 0.6 is 0 Å². The van der Waals surface area contributed by atoms with Gasteiger partial charge in [0.05, 0.1) is 0 Å². The second kappa shape index (κ2) is 5.16. The highest BCUT2D eigenvalue weighted by Crippen LogP contribution is 2.39. The molecule has 22 heavy (non-hydrogen) atoms. The first kappa shape index (κ1) is 12.8. The summed E-state index contributed by atoms with van der Waals surface area (Å²) in [4.78, 5) is 0. The molecule has 0 unspecified atom stereocenters. The molecule has 0 amide bonds. The molecule has 0 radical (unpaired) electrons. The van der Waals surface area contributed by atoms with Gasteiger partial charge in [0.2, 0.25) is 0 Å². The molecule has 0 nitrogen and oxygen atoms in total. The summed E-state index contributed by atoms with van der Waals surface area (Å²) < 4.78 is 0. The first-order valence-electron chi connectivity index (χ1n) is 7.50. The molecule has 4 aliphatic rings. The fourth-order valence-electron chi connectivity index (χ4n) is 3.10. The lowest BCUT2D eigenvalue weighted by molar-refractivity contribution is 1.67. The summed E-state index contributed by atoms with van der Waals surface area (Å²) in [6, 6.07) is 29.8. The molecule has 0 aromatic rings. The molecule has 0 aromatic heterocycles. The van der Waals surface area contributed by atoms with Gasteiger partial charge in [-0.15, -0.1) is 0 Å². The molecule has 4 rings (SSSR count). The van der Waals surface area contributed by atoms with Crippen LogP contribution in [0.1, 0.15) is 11.1 Å². The average molecular weight is 280 g/mol. The number of fused-ring (bicyclic) bond motifs is 2. The Bertz CT molecular complexity index is 826. The fourth-order valence-corrected chi connectivity index (χ4v) is 3.10. The summed E-state index contributed by atoms with van der Waals surface area (Å²) in [5.74, 6) is 0. The Balaban J connectivity index is 1.85. The largest absolute Gasteiger partial charge is 0.0905 e. The molecule has 0 atom stereocenters. The summed E-state index contributed by atoms with van der Waals surface area (Å²) in [5.41, 5.74) is 8.53. The Morgan fingerprint density at radius 3 is 1.45 bits per heavy atom. The molecule has 0 saturated heterocycles. The Kier molecular flexibility index (Phi) is 3.01. The van der Waals surface area contributed by atoms with Crippen LogP contribution in [0.3, 0.4) is 0 Å². The van der Waals surface area contributed by atoms with Crippen LogP contribution in [0, 0.1) is 0 Å². The molecule has 0 fully saturated rings.